The van der Waals surface area contributed by atoms with Crippen LogP contribution >= 0.6 is 0 Å². The fourth-order valence-corrected chi connectivity index (χ4v) is 2.13. The second-order valence-electron chi connectivity index (χ2n) is 4.81. The highest BCUT2D eigenvalue weighted by atomic mass is 16.5. The van der Waals surface area contributed by atoms with Crippen LogP contribution in [0.2, 0.25) is 0 Å². The molecule has 0 heterocycles. The number of benzene rings is 2. The molecule has 0 saturated heterocycles. The number of hydrogen-bond acceptors (Lipinski definition) is 3. The normalized spacial score (nSPS) is 10.0. The van der Waals surface area contributed by atoms with Crippen molar-refractivity contribution in [1.82, 2.24) is 5.32 Å². The molecule has 0 unspecified atom stereocenters. The third-order valence-electron chi connectivity index (χ3n) is 3.25. The van der Waals surface area contributed by atoms with Gasteiger partial charge in [-0.25, -0.2) is 4.79 Å². The summed E-state index contributed by atoms with van der Waals surface area (Å²) in [6, 6.07) is 14.7. The van der Waals surface area contributed by atoms with Crippen LogP contribution in [0.25, 0.3) is 0 Å². The first-order valence-electron chi connectivity index (χ1n) is 7.72. The molecule has 0 atom stereocenters. The van der Waals surface area contributed by atoms with E-state index in [0.29, 0.717) is 18.0 Å². The lowest BCUT2D eigenvalue weighted by Gasteiger charge is -2.13. The van der Waals surface area contributed by atoms with Crippen LogP contribution in [0.5, 0.6) is 11.5 Å². The van der Waals surface area contributed by atoms with Crippen LogP contribution in [0.15, 0.2) is 48.5 Å². The van der Waals surface area contributed by atoms with Gasteiger partial charge in [-0.2, -0.15) is 0 Å². The third-order valence-corrected chi connectivity index (χ3v) is 3.25. The summed E-state index contributed by atoms with van der Waals surface area (Å²) in [5.74, 6) is 1.42. The molecule has 2 aromatic carbocycles. The number of carbonyl (C=O) groups excluding carboxylic acids is 1. The number of para-hydroxylation sites is 3. The number of aryl methyl sites for hydroxylation is 1. The molecule has 0 aliphatic heterocycles. The third kappa shape index (κ3) is 4.92. The lowest BCUT2D eigenvalue weighted by Crippen LogP contribution is -2.32. The van der Waals surface area contributed by atoms with E-state index in [1.807, 2.05) is 49.4 Å². The average molecular weight is 314 g/mol. The zero-order valence-corrected chi connectivity index (χ0v) is 13.5. The van der Waals surface area contributed by atoms with Crippen LogP contribution in [0, 0.1) is 0 Å². The van der Waals surface area contributed by atoms with Gasteiger partial charge in [0.05, 0.1) is 12.3 Å². The van der Waals surface area contributed by atoms with E-state index < -0.39 is 0 Å². The number of urea groups is 1. The molecule has 5 nitrogen and oxygen atoms in total. The topological polar surface area (TPSA) is 59.6 Å². The summed E-state index contributed by atoms with van der Waals surface area (Å²) in [4.78, 5) is 12.0. The van der Waals surface area contributed by atoms with E-state index in [9.17, 15) is 4.79 Å². The molecule has 2 rings (SSSR count). The SMILES string of the molecule is CCOc1ccccc1NC(=O)NCOc1ccccc1CC. The van der Waals surface area contributed by atoms with Crippen molar-refractivity contribution in [3.05, 3.63) is 54.1 Å². The van der Waals surface area contributed by atoms with E-state index in [4.69, 9.17) is 9.47 Å². The minimum absolute atomic E-state index is 0.0969. The van der Waals surface area contributed by atoms with Crippen LogP contribution in [0.3, 0.4) is 0 Å². The lowest BCUT2D eigenvalue weighted by molar-refractivity contribution is 0.234. The monoisotopic (exact) mass is 314 g/mol. The Morgan fingerprint density at radius 2 is 1.65 bits per heavy atom. The first-order valence-corrected chi connectivity index (χ1v) is 7.72. The van der Waals surface area contributed by atoms with Crippen LogP contribution in [-0.4, -0.2) is 19.4 Å². The first kappa shape index (κ1) is 16.7. The van der Waals surface area contributed by atoms with Crippen LogP contribution in [0.1, 0.15) is 19.4 Å². The summed E-state index contributed by atoms with van der Waals surface area (Å²) < 4.78 is 11.1. The molecule has 0 radical (unpaired) electrons. The van der Waals surface area contributed by atoms with Gasteiger partial charge in [0, 0.05) is 0 Å². The molecule has 2 N–H and O–H groups in total. The molecule has 0 aliphatic rings. The van der Waals surface area contributed by atoms with Crippen molar-refractivity contribution >= 4 is 11.7 Å². The summed E-state index contributed by atoms with van der Waals surface area (Å²) >= 11 is 0. The van der Waals surface area contributed by atoms with Crippen molar-refractivity contribution in [3.8, 4) is 11.5 Å². The Labute approximate surface area is 136 Å². The summed E-state index contributed by atoms with van der Waals surface area (Å²) in [7, 11) is 0. The largest absolute Gasteiger partial charge is 0.492 e. The Balaban J connectivity index is 1.86. The van der Waals surface area contributed by atoms with E-state index in [2.05, 4.69) is 17.6 Å². The number of anilines is 1. The zero-order valence-electron chi connectivity index (χ0n) is 13.5. The number of carbonyl (C=O) groups is 1. The Kier molecular flexibility index (Phi) is 6.29. The second kappa shape index (κ2) is 8.68. The smallest absolute Gasteiger partial charge is 0.321 e. The fourth-order valence-electron chi connectivity index (χ4n) is 2.13. The lowest BCUT2D eigenvalue weighted by atomic mass is 10.1. The minimum atomic E-state index is -0.342. The van der Waals surface area contributed by atoms with Crippen LogP contribution in [0.4, 0.5) is 10.5 Å². The minimum Gasteiger partial charge on any atom is -0.492 e. The second-order valence-corrected chi connectivity index (χ2v) is 4.81. The summed E-state index contributed by atoms with van der Waals surface area (Å²) in [6.45, 7) is 4.60. The van der Waals surface area contributed by atoms with Crippen molar-refractivity contribution in [2.45, 2.75) is 20.3 Å². The molecule has 122 valence electrons. The van der Waals surface area contributed by atoms with Crippen LogP contribution in [-0.2, 0) is 6.42 Å². The highest BCUT2D eigenvalue weighted by molar-refractivity contribution is 5.90. The van der Waals surface area contributed by atoms with Crippen LogP contribution < -0.4 is 20.1 Å². The van der Waals surface area contributed by atoms with Gasteiger partial charge in [0.1, 0.15) is 11.5 Å². The van der Waals surface area contributed by atoms with Crippen molar-refractivity contribution in [2.75, 3.05) is 18.7 Å². The number of hydrogen-bond donors (Lipinski definition) is 2. The molecule has 0 spiro atoms. The molecule has 23 heavy (non-hydrogen) atoms. The van der Waals surface area contributed by atoms with Gasteiger partial charge in [0.15, 0.2) is 6.73 Å². The first-order chi connectivity index (χ1) is 11.2. The van der Waals surface area contributed by atoms with Gasteiger partial charge in [0.2, 0.25) is 0 Å². The highest BCUT2D eigenvalue weighted by Gasteiger charge is 2.07. The average Bonchev–Trinajstić information content (AvgIpc) is 2.57. The number of ether oxygens (including phenoxy) is 2. The molecule has 0 aromatic heterocycles. The van der Waals surface area contributed by atoms with E-state index in [-0.39, 0.29) is 12.8 Å². The molecule has 0 saturated carbocycles. The van der Waals surface area contributed by atoms with Crippen molar-refractivity contribution in [2.24, 2.45) is 0 Å². The molecule has 0 bridgehead atoms. The van der Waals surface area contributed by atoms with Gasteiger partial charge in [-0.3, -0.25) is 0 Å². The van der Waals surface area contributed by atoms with Gasteiger partial charge >= 0.3 is 6.03 Å². The number of rotatable bonds is 7. The molecule has 2 amide bonds. The number of amides is 2. The van der Waals surface area contributed by atoms with Gasteiger partial charge in [-0.05, 0) is 37.1 Å². The summed E-state index contributed by atoms with van der Waals surface area (Å²) in [5, 5.41) is 5.43. The maximum Gasteiger partial charge on any atom is 0.321 e. The van der Waals surface area contributed by atoms with Gasteiger partial charge in [0.25, 0.3) is 0 Å². The Morgan fingerprint density at radius 3 is 2.39 bits per heavy atom. The van der Waals surface area contributed by atoms with E-state index in [1.54, 1.807) is 6.07 Å². The molecular weight excluding hydrogens is 292 g/mol. The van der Waals surface area contributed by atoms with Crippen molar-refractivity contribution < 1.29 is 14.3 Å². The zero-order chi connectivity index (χ0) is 16.5. The molecule has 0 aliphatic carbocycles. The fraction of sp³-hybridized carbons (Fsp3) is 0.278. The number of nitrogens with one attached hydrogen (secondary N) is 2. The quantitative estimate of drug-likeness (QED) is 0.764. The van der Waals surface area contributed by atoms with E-state index in [0.717, 1.165) is 17.7 Å². The standard InChI is InChI=1S/C18H22N2O3/c1-3-14-9-5-7-11-16(14)23-13-19-18(21)20-15-10-6-8-12-17(15)22-4-2/h5-12H,3-4,13H2,1-2H3,(H2,19,20,21). The highest BCUT2D eigenvalue weighted by Crippen LogP contribution is 2.23. The maximum absolute atomic E-state index is 12.0. The predicted octanol–water partition coefficient (Wildman–Crippen LogP) is 3.81. The van der Waals surface area contributed by atoms with Gasteiger partial charge in [-0.1, -0.05) is 37.3 Å². The Bertz CT molecular complexity index is 644. The predicted molar refractivity (Wildman–Crippen MR) is 91.1 cm³/mol. The van der Waals surface area contributed by atoms with E-state index >= 15 is 0 Å². The molecule has 2 aromatic rings. The van der Waals surface area contributed by atoms with Gasteiger partial charge in [-0.15, -0.1) is 0 Å². The van der Waals surface area contributed by atoms with Gasteiger partial charge < -0.3 is 20.1 Å². The van der Waals surface area contributed by atoms with E-state index in [1.165, 1.54) is 0 Å². The Morgan fingerprint density at radius 1 is 0.957 bits per heavy atom. The molecule has 5 heteroatoms. The Hall–Kier alpha value is -2.69. The molecular formula is C18H22N2O3. The maximum atomic E-state index is 12.0. The van der Waals surface area contributed by atoms with Crippen molar-refractivity contribution in [1.29, 1.82) is 0 Å². The van der Waals surface area contributed by atoms with Crippen molar-refractivity contribution in [3.63, 3.8) is 0 Å². The molecule has 0 fully saturated rings. The summed E-state index contributed by atoms with van der Waals surface area (Å²) in [6.07, 6.45) is 0.879. The summed E-state index contributed by atoms with van der Waals surface area (Å²) in [5.41, 5.74) is 1.73.